The van der Waals surface area contributed by atoms with E-state index in [0.29, 0.717) is 6.54 Å². The molecule has 0 saturated carbocycles. The predicted octanol–water partition coefficient (Wildman–Crippen LogP) is 2.81. The van der Waals surface area contributed by atoms with Crippen LogP contribution in [-0.2, 0) is 18.4 Å². The monoisotopic (exact) mass is 281 g/mol. The molecule has 0 radical (unpaired) electrons. The number of rotatable bonds is 3. The molecule has 4 nitrogen and oxygen atoms in total. The molecule has 0 aliphatic rings. The predicted molar refractivity (Wildman–Crippen MR) is 85.7 cm³/mol. The Labute approximate surface area is 123 Å². The topological polar surface area (TPSA) is 37.3 Å². The third-order valence-corrected chi connectivity index (χ3v) is 3.97. The Morgan fingerprint density at radius 3 is 2.62 bits per heavy atom. The highest BCUT2D eigenvalue weighted by Crippen LogP contribution is 2.28. The first-order valence-corrected chi connectivity index (χ1v) is 7.02. The summed E-state index contributed by atoms with van der Waals surface area (Å²) in [6.07, 6.45) is 0. The summed E-state index contributed by atoms with van der Waals surface area (Å²) < 4.78 is 2.21. The van der Waals surface area contributed by atoms with Crippen LogP contribution in [-0.4, -0.2) is 22.5 Å². The van der Waals surface area contributed by atoms with Gasteiger partial charge in [-0.25, -0.2) is 5.43 Å². The molecule has 0 atom stereocenters. The fourth-order valence-electron chi connectivity index (χ4n) is 2.65. The molecular formula is C17H19N3O. The molecule has 3 rings (SSSR count). The molecule has 0 saturated heterocycles. The van der Waals surface area contributed by atoms with E-state index in [2.05, 4.69) is 59.5 Å². The van der Waals surface area contributed by atoms with Crippen molar-refractivity contribution >= 4 is 27.7 Å². The summed E-state index contributed by atoms with van der Waals surface area (Å²) in [6.45, 7) is 2.18. The maximum absolute atomic E-state index is 11.2. The van der Waals surface area contributed by atoms with E-state index in [1.54, 1.807) is 14.0 Å². The number of amides is 1. The normalized spacial score (nSPS) is 11.2. The van der Waals surface area contributed by atoms with Crippen molar-refractivity contribution in [2.75, 3.05) is 7.05 Å². The van der Waals surface area contributed by atoms with Gasteiger partial charge in [0.25, 0.3) is 0 Å². The number of fused-ring (bicyclic) bond motifs is 3. The van der Waals surface area contributed by atoms with Crippen LogP contribution in [0, 0.1) is 0 Å². The Balaban J connectivity index is 2.00. The van der Waals surface area contributed by atoms with E-state index in [1.807, 2.05) is 0 Å². The van der Waals surface area contributed by atoms with E-state index in [9.17, 15) is 4.79 Å². The molecule has 3 aromatic rings. The summed E-state index contributed by atoms with van der Waals surface area (Å²) in [5.74, 6) is 0.00115. The second-order valence-corrected chi connectivity index (χ2v) is 5.34. The van der Waals surface area contributed by atoms with E-state index in [1.165, 1.54) is 26.8 Å². The van der Waals surface area contributed by atoms with Gasteiger partial charge in [-0.1, -0.05) is 24.3 Å². The molecule has 21 heavy (non-hydrogen) atoms. The summed E-state index contributed by atoms with van der Waals surface area (Å²) in [7, 11) is 3.82. The molecule has 1 N–H and O–H groups in total. The lowest BCUT2D eigenvalue weighted by atomic mass is 10.1. The molecule has 0 spiro atoms. The van der Waals surface area contributed by atoms with Crippen LogP contribution in [0.25, 0.3) is 21.8 Å². The molecule has 0 unspecified atom stereocenters. The molecule has 0 bridgehead atoms. The highest BCUT2D eigenvalue weighted by molar-refractivity contribution is 6.08. The van der Waals surface area contributed by atoms with Crippen LogP contribution >= 0.6 is 0 Å². The number of hydrogen-bond acceptors (Lipinski definition) is 2. The first-order valence-electron chi connectivity index (χ1n) is 7.02. The molecule has 1 aromatic heterocycles. The van der Waals surface area contributed by atoms with Gasteiger partial charge in [-0.15, -0.1) is 0 Å². The quantitative estimate of drug-likeness (QED) is 0.750. The number of carbonyl (C=O) groups excluding carboxylic acids is 1. The average Bonchev–Trinajstić information content (AvgIpc) is 2.78. The van der Waals surface area contributed by atoms with E-state index in [-0.39, 0.29) is 5.91 Å². The Morgan fingerprint density at radius 1 is 1.14 bits per heavy atom. The fraction of sp³-hybridized carbons (Fsp3) is 0.235. The molecule has 0 fully saturated rings. The second-order valence-electron chi connectivity index (χ2n) is 5.34. The SMILES string of the molecule is CC(=O)N(C)NCc1ccc2c(c1)c1ccccc1n2C. The van der Waals surface area contributed by atoms with Gasteiger partial charge in [-0.05, 0) is 23.8 Å². The minimum Gasteiger partial charge on any atom is -0.344 e. The standard InChI is InChI=1S/C17H19N3O/c1-12(21)20(3)18-11-13-8-9-17-15(10-13)14-6-4-5-7-16(14)19(17)2/h4-10,18H,11H2,1-3H3. The smallest absolute Gasteiger partial charge is 0.233 e. The lowest BCUT2D eigenvalue weighted by molar-refractivity contribution is -0.130. The maximum Gasteiger partial charge on any atom is 0.233 e. The van der Waals surface area contributed by atoms with Gasteiger partial charge in [0.15, 0.2) is 0 Å². The third-order valence-electron chi connectivity index (χ3n) is 3.97. The van der Waals surface area contributed by atoms with Gasteiger partial charge in [0.05, 0.1) is 0 Å². The van der Waals surface area contributed by atoms with E-state index in [4.69, 9.17) is 0 Å². The van der Waals surface area contributed by atoms with Crippen LogP contribution in [0.1, 0.15) is 12.5 Å². The molecule has 0 aliphatic carbocycles. The zero-order valence-corrected chi connectivity index (χ0v) is 12.6. The van der Waals surface area contributed by atoms with Crippen LogP contribution in [0.15, 0.2) is 42.5 Å². The first-order chi connectivity index (χ1) is 10.1. The van der Waals surface area contributed by atoms with Crippen molar-refractivity contribution in [1.29, 1.82) is 0 Å². The molecule has 1 heterocycles. The van der Waals surface area contributed by atoms with Crippen LogP contribution < -0.4 is 5.43 Å². The van der Waals surface area contributed by atoms with Gasteiger partial charge in [0, 0.05) is 49.4 Å². The fourth-order valence-corrected chi connectivity index (χ4v) is 2.65. The lowest BCUT2D eigenvalue weighted by Gasteiger charge is -2.16. The van der Waals surface area contributed by atoms with Crippen LogP contribution in [0.4, 0.5) is 0 Å². The first kappa shape index (κ1) is 13.6. The van der Waals surface area contributed by atoms with Crippen LogP contribution in [0.5, 0.6) is 0 Å². The number of nitrogens with one attached hydrogen (secondary N) is 1. The van der Waals surface area contributed by atoms with Gasteiger partial charge in [0.2, 0.25) is 5.91 Å². The zero-order valence-electron chi connectivity index (χ0n) is 12.6. The van der Waals surface area contributed by atoms with Gasteiger partial charge in [-0.2, -0.15) is 0 Å². The van der Waals surface area contributed by atoms with Crippen molar-refractivity contribution in [1.82, 2.24) is 15.0 Å². The number of benzene rings is 2. The third kappa shape index (κ3) is 2.38. The van der Waals surface area contributed by atoms with Gasteiger partial charge in [0.1, 0.15) is 0 Å². The molecule has 108 valence electrons. The maximum atomic E-state index is 11.2. The zero-order chi connectivity index (χ0) is 15.0. The van der Waals surface area contributed by atoms with Crippen molar-refractivity contribution in [2.45, 2.75) is 13.5 Å². The molecule has 4 heteroatoms. The van der Waals surface area contributed by atoms with Gasteiger partial charge < -0.3 is 4.57 Å². The Hall–Kier alpha value is -2.33. The van der Waals surface area contributed by atoms with Gasteiger partial charge in [-0.3, -0.25) is 9.80 Å². The summed E-state index contributed by atoms with van der Waals surface area (Å²) in [6, 6.07) is 14.8. The molecular weight excluding hydrogens is 262 g/mol. The van der Waals surface area contributed by atoms with Crippen molar-refractivity contribution in [2.24, 2.45) is 7.05 Å². The van der Waals surface area contributed by atoms with E-state index >= 15 is 0 Å². The number of aromatic nitrogens is 1. The lowest BCUT2D eigenvalue weighted by Crippen LogP contribution is -2.37. The minimum absolute atomic E-state index is 0.00115. The van der Waals surface area contributed by atoms with E-state index < -0.39 is 0 Å². The second kappa shape index (κ2) is 5.22. The summed E-state index contributed by atoms with van der Waals surface area (Å²) in [5, 5.41) is 4.02. The molecule has 0 aliphatic heterocycles. The highest BCUT2D eigenvalue weighted by atomic mass is 16.2. The summed E-state index contributed by atoms with van der Waals surface area (Å²) in [5.41, 5.74) is 6.71. The molecule has 1 amide bonds. The van der Waals surface area contributed by atoms with Gasteiger partial charge >= 0.3 is 0 Å². The highest BCUT2D eigenvalue weighted by Gasteiger charge is 2.08. The van der Waals surface area contributed by atoms with Crippen LogP contribution in [0.3, 0.4) is 0 Å². The number of hydrazine groups is 1. The van der Waals surface area contributed by atoms with Crippen molar-refractivity contribution < 1.29 is 4.79 Å². The number of para-hydroxylation sites is 1. The molecule has 2 aromatic carbocycles. The Morgan fingerprint density at radius 2 is 1.86 bits per heavy atom. The van der Waals surface area contributed by atoms with Crippen LogP contribution in [0.2, 0.25) is 0 Å². The summed E-state index contributed by atoms with van der Waals surface area (Å²) in [4.78, 5) is 11.2. The van der Waals surface area contributed by atoms with E-state index in [0.717, 1.165) is 5.56 Å². The summed E-state index contributed by atoms with van der Waals surface area (Å²) >= 11 is 0. The minimum atomic E-state index is 0.00115. The number of nitrogens with zero attached hydrogens (tertiary/aromatic N) is 2. The van der Waals surface area contributed by atoms with Crippen molar-refractivity contribution in [3.8, 4) is 0 Å². The number of carbonyl (C=O) groups is 1. The number of hydrogen-bond donors (Lipinski definition) is 1. The average molecular weight is 281 g/mol. The van der Waals surface area contributed by atoms with Crippen molar-refractivity contribution in [3.05, 3.63) is 48.0 Å². The Kier molecular flexibility index (Phi) is 3.39. The van der Waals surface area contributed by atoms with Crippen molar-refractivity contribution in [3.63, 3.8) is 0 Å². The number of aryl methyl sites for hydroxylation is 1. The largest absolute Gasteiger partial charge is 0.344 e. The Bertz CT molecular complexity index is 819.